The van der Waals surface area contributed by atoms with Gasteiger partial charge in [-0.2, -0.15) is 0 Å². The van der Waals surface area contributed by atoms with Crippen LogP contribution in [-0.2, 0) is 20.7 Å². The van der Waals surface area contributed by atoms with Gasteiger partial charge in [-0.1, -0.05) is 30.3 Å². The fraction of sp³-hybridized carbons (Fsp3) is 0.520. The molecule has 1 aliphatic heterocycles. The minimum Gasteiger partial charge on any atom is -0.381 e. The highest BCUT2D eigenvalue weighted by molar-refractivity contribution is 7.13. The SMILES string of the molecule is COC1CCC(C(=O)N2CCCC(Cc3cccc(-c4cccs4)c3)(C(N)=O)C2)CC1. The van der Waals surface area contributed by atoms with Crippen molar-refractivity contribution in [2.75, 3.05) is 20.2 Å². The summed E-state index contributed by atoms with van der Waals surface area (Å²) in [6, 6.07) is 12.5. The quantitative estimate of drug-likeness (QED) is 0.730. The topological polar surface area (TPSA) is 72.6 Å². The summed E-state index contributed by atoms with van der Waals surface area (Å²) < 4.78 is 5.45. The molecule has 166 valence electrons. The molecule has 2 aromatic rings. The minimum atomic E-state index is -0.703. The molecule has 0 bridgehead atoms. The average Bonchev–Trinajstić information content (AvgIpc) is 3.34. The van der Waals surface area contributed by atoms with Gasteiger partial charge in [0.25, 0.3) is 0 Å². The Morgan fingerprint density at radius 3 is 2.68 bits per heavy atom. The largest absolute Gasteiger partial charge is 0.381 e. The summed E-state index contributed by atoms with van der Waals surface area (Å²) in [6.07, 6.45) is 5.96. The van der Waals surface area contributed by atoms with Gasteiger partial charge in [0.15, 0.2) is 0 Å². The second-order valence-electron chi connectivity index (χ2n) is 9.07. The van der Waals surface area contributed by atoms with Gasteiger partial charge in [-0.15, -0.1) is 11.3 Å². The summed E-state index contributed by atoms with van der Waals surface area (Å²) in [4.78, 5) is 29.1. The molecular formula is C25H32N2O3S. The maximum atomic E-state index is 13.3. The van der Waals surface area contributed by atoms with Crippen molar-refractivity contribution in [2.24, 2.45) is 17.1 Å². The van der Waals surface area contributed by atoms with Gasteiger partial charge in [0.2, 0.25) is 11.8 Å². The van der Waals surface area contributed by atoms with Crippen molar-refractivity contribution in [3.05, 3.63) is 47.3 Å². The number of primary amides is 1. The van der Waals surface area contributed by atoms with E-state index in [9.17, 15) is 9.59 Å². The summed E-state index contributed by atoms with van der Waals surface area (Å²) >= 11 is 1.70. The zero-order chi connectivity index (χ0) is 21.8. The number of likely N-dealkylation sites (tertiary alicyclic amines) is 1. The summed E-state index contributed by atoms with van der Waals surface area (Å²) in [5.74, 6) is -0.0703. The van der Waals surface area contributed by atoms with Gasteiger partial charge in [0.1, 0.15) is 0 Å². The summed E-state index contributed by atoms with van der Waals surface area (Å²) in [7, 11) is 1.74. The average molecular weight is 441 g/mol. The van der Waals surface area contributed by atoms with Gasteiger partial charge >= 0.3 is 0 Å². The van der Waals surface area contributed by atoms with Crippen LogP contribution in [0, 0.1) is 11.3 Å². The van der Waals surface area contributed by atoms with E-state index >= 15 is 0 Å². The molecular weight excluding hydrogens is 408 g/mol. The number of rotatable bonds is 6. The van der Waals surface area contributed by atoms with Crippen LogP contribution in [-0.4, -0.2) is 43.0 Å². The fourth-order valence-electron chi connectivity index (χ4n) is 5.22. The lowest BCUT2D eigenvalue weighted by atomic mass is 9.73. The molecule has 6 heteroatoms. The number of nitrogens with zero attached hydrogens (tertiary/aromatic N) is 1. The molecule has 4 rings (SSSR count). The van der Waals surface area contributed by atoms with E-state index in [1.54, 1.807) is 18.4 Å². The van der Waals surface area contributed by atoms with E-state index < -0.39 is 5.41 Å². The Labute approximate surface area is 188 Å². The maximum Gasteiger partial charge on any atom is 0.225 e. The first-order valence-corrected chi connectivity index (χ1v) is 12.1. The van der Waals surface area contributed by atoms with Gasteiger partial charge < -0.3 is 15.4 Å². The molecule has 1 aliphatic carbocycles. The minimum absolute atomic E-state index is 0.0391. The highest BCUT2D eigenvalue weighted by atomic mass is 32.1. The lowest BCUT2D eigenvalue weighted by molar-refractivity contribution is -0.144. The number of hydrogen-bond acceptors (Lipinski definition) is 4. The number of ether oxygens (including phenoxy) is 1. The molecule has 1 unspecified atom stereocenters. The number of methoxy groups -OCH3 is 1. The van der Waals surface area contributed by atoms with E-state index in [0.29, 0.717) is 19.5 Å². The Balaban J connectivity index is 1.49. The number of nitrogens with two attached hydrogens (primary N) is 1. The smallest absolute Gasteiger partial charge is 0.225 e. The van der Waals surface area contributed by atoms with Crippen molar-refractivity contribution in [2.45, 2.75) is 51.0 Å². The van der Waals surface area contributed by atoms with E-state index in [4.69, 9.17) is 10.5 Å². The Bertz CT molecular complexity index is 905. The number of amides is 2. The fourth-order valence-corrected chi connectivity index (χ4v) is 5.95. The predicted molar refractivity (Wildman–Crippen MR) is 124 cm³/mol. The van der Waals surface area contributed by atoms with Gasteiger partial charge in [-0.05, 0) is 67.5 Å². The Kier molecular flexibility index (Phi) is 6.77. The number of hydrogen-bond donors (Lipinski definition) is 1. The molecule has 1 atom stereocenters. The molecule has 2 heterocycles. The first kappa shape index (κ1) is 22.0. The molecule has 31 heavy (non-hydrogen) atoms. The van der Waals surface area contributed by atoms with Crippen molar-refractivity contribution in [1.82, 2.24) is 4.90 Å². The zero-order valence-corrected chi connectivity index (χ0v) is 19.0. The van der Waals surface area contributed by atoms with Crippen molar-refractivity contribution >= 4 is 23.2 Å². The van der Waals surface area contributed by atoms with E-state index in [-0.39, 0.29) is 23.8 Å². The van der Waals surface area contributed by atoms with Gasteiger partial charge in [-0.3, -0.25) is 9.59 Å². The van der Waals surface area contributed by atoms with E-state index in [1.165, 1.54) is 4.88 Å². The van der Waals surface area contributed by atoms with Crippen molar-refractivity contribution in [3.8, 4) is 10.4 Å². The first-order valence-electron chi connectivity index (χ1n) is 11.2. The van der Waals surface area contributed by atoms with Gasteiger partial charge in [0.05, 0.1) is 11.5 Å². The summed E-state index contributed by atoms with van der Waals surface area (Å²) in [5.41, 5.74) is 7.52. The second kappa shape index (κ2) is 9.53. The predicted octanol–water partition coefficient (Wildman–Crippen LogP) is 4.26. The van der Waals surface area contributed by atoms with Crippen LogP contribution < -0.4 is 5.73 Å². The van der Waals surface area contributed by atoms with Crippen LogP contribution in [0.2, 0.25) is 0 Å². The third-order valence-electron chi connectivity index (χ3n) is 7.04. The normalized spacial score (nSPS) is 26.5. The van der Waals surface area contributed by atoms with E-state index in [2.05, 4.69) is 29.6 Å². The van der Waals surface area contributed by atoms with Gasteiger partial charge in [0, 0.05) is 31.0 Å². The van der Waals surface area contributed by atoms with Gasteiger partial charge in [-0.25, -0.2) is 0 Å². The highest BCUT2D eigenvalue weighted by Gasteiger charge is 2.43. The summed E-state index contributed by atoms with van der Waals surface area (Å²) in [6.45, 7) is 1.14. The van der Waals surface area contributed by atoms with Crippen LogP contribution in [0.3, 0.4) is 0 Å². The molecule has 2 N–H and O–H groups in total. The zero-order valence-electron chi connectivity index (χ0n) is 18.2. The Hall–Kier alpha value is -2.18. The molecule has 2 amide bonds. The monoisotopic (exact) mass is 440 g/mol. The van der Waals surface area contributed by atoms with Crippen LogP contribution in [0.1, 0.15) is 44.1 Å². The van der Waals surface area contributed by atoms with Crippen LogP contribution in [0.15, 0.2) is 41.8 Å². The molecule has 1 aromatic heterocycles. The third kappa shape index (κ3) is 4.85. The summed E-state index contributed by atoms with van der Waals surface area (Å²) in [5, 5.41) is 2.07. The molecule has 0 radical (unpaired) electrons. The van der Waals surface area contributed by atoms with E-state index in [1.807, 2.05) is 17.0 Å². The van der Waals surface area contributed by atoms with Crippen molar-refractivity contribution < 1.29 is 14.3 Å². The highest BCUT2D eigenvalue weighted by Crippen LogP contribution is 2.37. The number of carbonyl (C=O) groups is 2. The lowest BCUT2D eigenvalue weighted by Gasteiger charge is -2.42. The van der Waals surface area contributed by atoms with Crippen LogP contribution >= 0.6 is 11.3 Å². The second-order valence-corrected chi connectivity index (χ2v) is 10.0. The molecule has 1 saturated heterocycles. The Morgan fingerprint density at radius 1 is 1.19 bits per heavy atom. The van der Waals surface area contributed by atoms with Crippen molar-refractivity contribution in [3.63, 3.8) is 0 Å². The number of benzene rings is 1. The standard InChI is InChI=1S/C25H32N2O3S/c1-30-21-10-8-19(9-11-21)23(28)27-13-4-12-25(17-27,24(26)29)16-18-5-2-6-20(15-18)22-7-3-14-31-22/h2-3,5-7,14-15,19,21H,4,8-13,16-17H2,1H3,(H2,26,29). The number of piperidine rings is 1. The first-order chi connectivity index (χ1) is 15.0. The Morgan fingerprint density at radius 2 is 2.00 bits per heavy atom. The molecule has 0 spiro atoms. The molecule has 2 fully saturated rings. The van der Waals surface area contributed by atoms with Crippen molar-refractivity contribution in [1.29, 1.82) is 0 Å². The molecule has 1 saturated carbocycles. The molecule has 2 aliphatic rings. The maximum absolute atomic E-state index is 13.3. The van der Waals surface area contributed by atoms with E-state index in [0.717, 1.165) is 49.7 Å². The van der Waals surface area contributed by atoms with Crippen LogP contribution in [0.25, 0.3) is 10.4 Å². The van der Waals surface area contributed by atoms with Crippen LogP contribution in [0.4, 0.5) is 0 Å². The lowest BCUT2D eigenvalue weighted by Crippen LogP contribution is -2.54. The molecule has 1 aromatic carbocycles. The molecule has 5 nitrogen and oxygen atoms in total. The third-order valence-corrected chi connectivity index (χ3v) is 7.96. The number of thiophene rings is 1. The number of carbonyl (C=O) groups excluding carboxylic acids is 2. The van der Waals surface area contributed by atoms with Crippen LogP contribution in [0.5, 0.6) is 0 Å².